The molecule has 10 heteroatoms. The summed E-state index contributed by atoms with van der Waals surface area (Å²) < 4.78 is 5.26. The van der Waals surface area contributed by atoms with Gasteiger partial charge in [0.1, 0.15) is 11.4 Å². The second kappa shape index (κ2) is 11.7. The molecule has 2 N–H and O–H groups in total. The summed E-state index contributed by atoms with van der Waals surface area (Å²) in [5.41, 5.74) is 3.74. The van der Waals surface area contributed by atoms with Gasteiger partial charge in [-0.1, -0.05) is 0 Å². The highest BCUT2D eigenvalue weighted by Gasteiger charge is 2.26. The number of aryl methyl sites for hydroxylation is 1. The number of methoxy groups -OCH3 is 1. The summed E-state index contributed by atoms with van der Waals surface area (Å²) in [6.07, 6.45) is 3.12. The van der Waals surface area contributed by atoms with E-state index in [1.54, 1.807) is 42.7 Å². The first-order valence-electron chi connectivity index (χ1n) is 11.4. The molecule has 1 saturated heterocycles. The molecule has 0 saturated carbocycles. The van der Waals surface area contributed by atoms with Crippen LogP contribution in [0.4, 0.5) is 11.4 Å². The highest BCUT2D eigenvalue weighted by atomic mass is 32.1. The summed E-state index contributed by atoms with van der Waals surface area (Å²) in [7, 11) is 1.55. The molecule has 0 amide bonds. The molecule has 0 aliphatic carbocycles. The fraction of sp³-hybridized carbons (Fsp3) is 0.308. The second-order valence-corrected chi connectivity index (χ2v) is 9.24. The minimum absolute atomic E-state index is 0.0555. The quantitative estimate of drug-likeness (QED) is 0.299. The number of carboxylic acids is 2. The molecule has 1 atom stereocenters. The lowest BCUT2D eigenvalue weighted by molar-refractivity contribution is -0.384. The molecule has 1 aliphatic rings. The van der Waals surface area contributed by atoms with Crippen molar-refractivity contribution in [3.8, 4) is 16.9 Å². The number of carbonyl (C=O) groups is 2. The summed E-state index contributed by atoms with van der Waals surface area (Å²) >= 11 is 1.62. The number of nitro groups is 1. The molecule has 9 nitrogen and oxygen atoms in total. The smallest absolute Gasteiger partial charge is 0.335 e. The van der Waals surface area contributed by atoms with Crippen molar-refractivity contribution in [2.75, 3.05) is 18.6 Å². The first kappa shape index (κ1) is 26.7. The lowest BCUT2D eigenvalue weighted by atomic mass is 10.0. The number of thiophene rings is 1. The van der Waals surface area contributed by atoms with Crippen LogP contribution in [-0.4, -0.2) is 46.8 Å². The van der Waals surface area contributed by atoms with Gasteiger partial charge in [0.15, 0.2) is 0 Å². The Morgan fingerprint density at radius 3 is 2.28 bits per heavy atom. The fourth-order valence-corrected chi connectivity index (χ4v) is 5.03. The van der Waals surface area contributed by atoms with E-state index >= 15 is 0 Å². The second-order valence-electron chi connectivity index (χ2n) is 8.49. The van der Waals surface area contributed by atoms with Crippen molar-refractivity contribution >= 4 is 34.7 Å². The van der Waals surface area contributed by atoms with Gasteiger partial charge in [-0.2, -0.15) is 11.3 Å². The van der Waals surface area contributed by atoms with Crippen LogP contribution in [-0.2, 0) is 0 Å². The van der Waals surface area contributed by atoms with Gasteiger partial charge < -0.3 is 19.8 Å². The van der Waals surface area contributed by atoms with Crippen LogP contribution in [0.25, 0.3) is 11.1 Å². The van der Waals surface area contributed by atoms with Crippen molar-refractivity contribution in [3.63, 3.8) is 0 Å². The van der Waals surface area contributed by atoms with E-state index in [-0.39, 0.29) is 22.9 Å². The topological polar surface area (TPSA) is 130 Å². The average Bonchev–Trinajstić information content (AvgIpc) is 3.29. The monoisotopic (exact) mass is 512 g/mol. The number of ether oxygens (including phenoxy) is 1. The highest BCUT2D eigenvalue weighted by molar-refractivity contribution is 7.08. The molecule has 0 radical (unpaired) electrons. The van der Waals surface area contributed by atoms with E-state index in [1.807, 2.05) is 24.1 Å². The van der Waals surface area contributed by atoms with E-state index in [2.05, 4.69) is 5.38 Å². The molecule has 36 heavy (non-hydrogen) atoms. The maximum absolute atomic E-state index is 11.1. The Kier molecular flexibility index (Phi) is 8.65. The third-order valence-electron chi connectivity index (χ3n) is 6.13. The van der Waals surface area contributed by atoms with E-state index in [4.69, 9.17) is 14.9 Å². The molecule has 0 spiro atoms. The summed E-state index contributed by atoms with van der Waals surface area (Å²) in [4.78, 5) is 34.4. The van der Waals surface area contributed by atoms with Gasteiger partial charge in [0, 0.05) is 24.2 Å². The van der Waals surface area contributed by atoms with E-state index in [0.717, 1.165) is 48.6 Å². The zero-order valence-corrected chi connectivity index (χ0v) is 21.1. The Bertz CT molecular complexity index is 1270. The molecule has 1 fully saturated rings. The molecule has 1 aromatic heterocycles. The van der Waals surface area contributed by atoms with Crippen LogP contribution in [0.5, 0.6) is 5.75 Å². The predicted octanol–water partition coefficient (Wildman–Crippen LogP) is 6.10. The molecular formula is C26H28N2O7S. The summed E-state index contributed by atoms with van der Waals surface area (Å²) in [6, 6.07) is 9.28. The Hall–Kier alpha value is -3.92. The Morgan fingerprint density at radius 1 is 1.06 bits per heavy atom. The molecule has 2 heterocycles. The van der Waals surface area contributed by atoms with Gasteiger partial charge in [0.05, 0.1) is 23.2 Å². The summed E-state index contributed by atoms with van der Waals surface area (Å²) in [5.74, 6) is -1.51. The number of rotatable bonds is 6. The molecule has 3 aromatic rings. The van der Waals surface area contributed by atoms with Crippen molar-refractivity contribution in [2.45, 2.75) is 39.2 Å². The van der Waals surface area contributed by atoms with Gasteiger partial charge in [-0.3, -0.25) is 10.1 Å². The number of nitro benzene ring substituents is 1. The predicted molar refractivity (Wildman–Crippen MR) is 139 cm³/mol. The van der Waals surface area contributed by atoms with Crippen molar-refractivity contribution in [2.24, 2.45) is 0 Å². The van der Waals surface area contributed by atoms with Gasteiger partial charge in [0.2, 0.25) is 0 Å². The highest BCUT2D eigenvalue weighted by Crippen LogP contribution is 2.35. The Balaban J connectivity index is 0.000000202. The summed E-state index contributed by atoms with van der Waals surface area (Å²) in [5, 5.41) is 33.1. The minimum Gasteiger partial charge on any atom is -0.496 e. The van der Waals surface area contributed by atoms with Crippen molar-refractivity contribution < 1.29 is 29.5 Å². The van der Waals surface area contributed by atoms with Crippen molar-refractivity contribution in [1.29, 1.82) is 0 Å². The van der Waals surface area contributed by atoms with Gasteiger partial charge in [-0.15, -0.1) is 0 Å². The standard InChI is InChI=1S/C13H16N2O4.C13H12O3S/c1-9-4-2-3-7-14(9)11-6-5-10(13(16)17)8-12(11)15(18)19;1-8-6-17-7-11(8)10-4-3-9(13(14)15)5-12(10)16-2/h5-6,8-9H,2-4,7H2,1H3,(H,16,17);3-7H,1-2H3,(H,14,15). The van der Waals surface area contributed by atoms with Crippen LogP contribution in [0.2, 0.25) is 0 Å². The lowest BCUT2D eigenvalue weighted by Gasteiger charge is -2.35. The largest absolute Gasteiger partial charge is 0.496 e. The third kappa shape index (κ3) is 6.01. The van der Waals surface area contributed by atoms with Gasteiger partial charge in [-0.05, 0) is 85.3 Å². The molecule has 1 aliphatic heterocycles. The normalized spacial score (nSPS) is 15.0. The number of hydrogen-bond acceptors (Lipinski definition) is 7. The van der Waals surface area contributed by atoms with E-state index in [1.165, 1.54) is 6.07 Å². The average molecular weight is 513 g/mol. The van der Waals surface area contributed by atoms with Crippen molar-refractivity contribution in [3.05, 3.63) is 74.0 Å². The molecular weight excluding hydrogens is 484 g/mol. The number of benzene rings is 2. The van der Waals surface area contributed by atoms with Crippen LogP contribution < -0.4 is 9.64 Å². The van der Waals surface area contributed by atoms with E-state index in [9.17, 15) is 19.7 Å². The van der Waals surface area contributed by atoms with Gasteiger partial charge in [0.25, 0.3) is 5.69 Å². The first-order valence-corrected chi connectivity index (χ1v) is 12.3. The van der Waals surface area contributed by atoms with Gasteiger partial charge in [-0.25, -0.2) is 9.59 Å². The van der Waals surface area contributed by atoms with Crippen LogP contribution in [0.15, 0.2) is 47.2 Å². The fourth-order valence-electron chi connectivity index (χ4n) is 4.18. The maximum Gasteiger partial charge on any atom is 0.335 e. The minimum atomic E-state index is -1.15. The first-order chi connectivity index (χ1) is 17.1. The maximum atomic E-state index is 11.1. The van der Waals surface area contributed by atoms with Crippen molar-refractivity contribution in [1.82, 2.24) is 0 Å². The number of carboxylic acid groups (broad SMARTS) is 2. The zero-order chi connectivity index (χ0) is 26.4. The zero-order valence-electron chi connectivity index (χ0n) is 20.3. The summed E-state index contributed by atoms with van der Waals surface area (Å²) in [6.45, 7) is 4.83. The Morgan fingerprint density at radius 2 is 1.72 bits per heavy atom. The van der Waals surface area contributed by atoms with Crippen LogP contribution in [0.3, 0.4) is 0 Å². The van der Waals surface area contributed by atoms with Crippen LogP contribution in [0, 0.1) is 17.0 Å². The molecule has 1 unspecified atom stereocenters. The van der Waals surface area contributed by atoms with Crippen LogP contribution >= 0.6 is 11.3 Å². The Labute approximate surface area is 212 Å². The number of piperidine rings is 1. The molecule has 0 bridgehead atoms. The number of nitrogens with zero attached hydrogens (tertiary/aromatic N) is 2. The molecule has 190 valence electrons. The van der Waals surface area contributed by atoms with E-state index in [0.29, 0.717) is 11.4 Å². The SMILES string of the molecule is CC1CCCCN1c1ccc(C(=O)O)cc1[N+](=O)[O-].COc1cc(C(=O)O)ccc1-c1cscc1C. The number of aromatic carboxylic acids is 2. The number of hydrogen-bond donors (Lipinski definition) is 2. The molecule has 2 aromatic carbocycles. The lowest BCUT2D eigenvalue weighted by Crippen LogP contribution is -2.37. The number of anilines is 1. The molecule has 4 rings (SSSR count). The third-order valence-corrected chi connectivity index (χ3v) is 6.99. The van der Waals surface area contributed by atoms with Crippen LogP contribution in [0.1, 0.15) is 52.5 Å². The van der Waals surface area contributed by atoms with E-state index < -0.39 is 16.9 Å². The van der Waals surface area contributed by atoms with Gasteiger partial charge >= 0.3 is 11.9 Å².